The fourth-order valence-corrected chi connectivity index (χ4v) is 2.00. The molecule has 0 bridgehead atoms. The van der Waals surface area contributed by atoms with E-state index in [9.17, 15) is 0 Å². The maximum absolute atomic E-state index is 5.58. The molecular formula is C17H23N3O2. The van der Waals surface area contributed by atoms with E-state index in [1.54, 1.807) is 7.11 Å². The van der Waals surface area contributed by atoms with Gasteiger partial charge >= 0.3 is 0 Å². The molecule has 0 atom stereocenters. The van der Waals surface area contributed by atoms with Gasteiger partial charge in [0.1, 0.15) is 18.2 Å². The Labute approximate surface area is 131 Å². The Hall–Kier alpha value is -2.14. The van der Waals surface area contributed by atoms with Crippen molar-refractivity contribution in [1.82, 2.24) is 9.97 Å². The zero-order valence-corrected chi connectivity index (χ0v) is 13.2. The van der Waals surface area contributed by atoms with Crippen LogP contribution in [0.2, 0.25) is 0 Å². The van der Waals surface area contributed by atoms with Gasteiger partial charge in [-0.15, -0.1) is 0 Å². The summed E-state index contributed by atoms with van der Waals surface area (Å²) in [7, 11) is 1.65. The van der Waals surface area contributed by atoms with E-state index in [1.807, 2.05) is 19.1 Å². The zero-order valence-electron chi connectivity index (χ0n) is 13.2. The van der Waals surface area contributed by atoms with Crippen LogP contribution in [0.3, 0.4) is 0 Å². The highest BCUT2D eigenvalue weighted by Crippen LogP contribution is 2.14. The van der Waals surface area contributed by atoms with Crippen molar-refractivity contribution in [3.8, 4) is 5.88 Å². The Bertz CT molecular complexity index is 561. The molecule has 1 N–H and O–H groups in total. The van der Waals surface area contributed by atoms with Crippen molar-refractivity contribution in [1.29, 1.82) is 0 Å². The summed E-state index contributed by atoms with van der Waals surface area (Å²) in [5.41, 5.74) is 1.30. The number of aromatic nitrogens is 2. The van der Waals surface area contributed by atoms with E-state index >= 15 is 0 Å². The molecule has 22 heavy (non-hydrogen) atoms. The summed E-state index contributed by atoms with van der Waals surface area (Å²) in [5, 5.41) is 3.34. The van der Waals surface area contributed by atoms with Gasteiger partial charge < -0.3 is 14.8 Å². The molecule has 1 aromatic heterocycles. The normalized spacial score (nSPS) is 10.5. The molecule has 2 rings (SSSR count). The van der Waals surface area contributed by atoms with Crippen LogP contribution in [0.5, 0.6) is 5.88 Å². The highest BCUT2D eigenvalue weighted by Gasteiger charge is 2.04. The first kappa shape index (κ1) is 16.2. The van der Waals surface area contributed by atoms with Crippen LogP contribution in [0.1, 0.15) is 18.3 Å². The number of ether oxygens (including phenoxy) is 2. The van der Waals surface area contributed by atoms with E-state index in [0.29, 0.717) is 19.1 Å². The van der Waals surface area contributed by atoms with E-state index in [0.717, 1.165) is 31.0 Å². The number of methoxy groups -OCH3 is 1. The smallest absolute Gasteiger partial charge is 0.218 e. The van der Waals surface area contributed by atoms with E-state index in [4.69, 9.17) is 9.47 Å². The van der Waals surface area contributed by atoms with Crippen molar-refractivity contribution in [2.45, 2.75) is 19.8 Å². The Morgan fingerprint density at radius 1 is 1.09 bits per heavy atom. The Morgan fingerprint density at radius 2 is 1.91 bits per heavy atom. The van der Waals surface area contributed by atoms with Crippen molar-refractivity contribution in [3.05, 3.63) is 47.8 Å². The van der Waals surface area contributed by atoms with E-state index in [2.05, 4.69) is 39.6 Å². The lowest BCUT2D eigenvalue weighted by molar-refractivity contribution is 0.143. The largest absolute Gasteiger partial charge is 0.475 e. The summed E-state index contributed by atoms with van der Waals surface area (Å²) >= 11 is 0. The third-order valence-electron chi connectivity index (χ3n) is 3.17. The molecule has 0 amide bonds. The van der Waals surface area contributed by atoms with E-state index in [-0.39, 0.29) is 0 Å². The summed E-state index contributed by atoms with van der Waals surface area (Å²) in [4.78, 5) is 8.84. The van der Waals surface area contributed by atoms with E-state index in [1.165, 1.54) is 5.56 Å². The lowest BCUT2D eigenvalue weighted by atomic mass is 10.1. The molecule has 5 nitrogen and oxygen atoms in total. The number of nitrogens with one attached hydrogen (secondary N) is 1. The zero-order chi connectivity index (χ0) is 15.6. The average Bonchev–Trinajstić information content (AvgIpc) is 2.56. The van der Waals surface area contributed by atoms with Crippen molar-refractivity contribution >= 4 is 5.82 Å². The molecule has 0 spiro atoms. The third kappa shape index (κ3) is 5.33. The Kier molecular flexibility index (Phi) is 6.64. The number of nitrogens with zero attached hydrogens (tertiary/aromatic N) is 2. The van der Waals surface area contributed by atoms with Gasteiger partial charge in [0.15, 0.2) is 0 Å². The Balaban J connectivity index is 1.92. The first-order valence-electron chi connectivity index (χ1n) is 7.59. The van der Waals surface area contributed by atoms with Crippen LogP contribution < -0.4 is 10.1 Å². The standard InChI is InChI=1S/C17H23N3O2/c1-3-15-19-16(13-17(20-15)22-12-11-21-2)18-10-9-14-7-5-4-6-8-14/h4-8,13H,3,9-12H2,1-2H3,(H,18,19,20). The highest BCUT2D eigenvalue weighted by molar-refractivity contribution is 5.38. The number of aryl methyl sites for hydroxylation is 1. The van der Waals surface area contributed by atoms with Gasteiger partial charge in [0.2, 0.25) is 5.88 Å². The minimum absolute atomic E-state index is 0.486. The first-order valence-corrected chi connectivity index (χ1v) is 7.59. The summed E-state index contributed by atoms with van der Waals surface area (Å²) in [6.45, 7) is 3.88. The van der Waals surface area contributed by atoms with Crippen LogP contribution in [0, 0.1) is 0 Å². The van der Waals surface area contributed by atoms with Gasteiger partial charge in [0.05, 0.1) is 6.61 Å². The van der Waals surface area contributed by atoms with Gasteiger partial charge in [0, 0.05) is 26.1 Å². The van der Waals surface area contributed by atoms with Gasteiger partial charge in [-0.25, -0.2) is 4.98 Å². The topological polar surface area (TPSA) is 56.3 Å². The predicted octanol–water partition coefficient (Wildman–Crippen LogP) is 2.72. The fraction of sp³-hybridized carbons (Fsp3) is 0.412. The molecule has 0 aliphatic carbocycles. The SMILES string of the molecule is CCc1nc(NCCc2ccccc2)cc(OCCOC)n1. The molecule has 2 aromatic rings. The van der Waals surface area contributed by atoms with Gasteiger partial charge in [-0.1, -0.05) is 37.3 Å². The quantitative estimate of drug-likeness (QED) is 0.722. The number of hydrogen-bond donors (Lipinski definition) is 1. The molecular weight excluding hydrogens is 278 g/mol. The van der Waals surface area contributed by atoms with Crippen LogP contribution in [-0.2, 0) is 17.6 Å². The van der Waals surface area contributed by atoms with Crippen molar-refractivity contribution in [3.63, 3.8) is 0 Å². The molecule has 1 heterocycles. The number of rotatable bonds is 9. The average molecular weight is 301 g/mol. The Morgan fingerprint density at radius 3 is 2.64 bits per heavy atom. The molecule has 0 radical (unpaired) electrons. The molecule has 5 heteroatoms. The lowest BCUT2D eigenvalue weighted by Crippen LogP contribution is -2.10. The molecule has 0 aliphatic rings. The lowest BCUT2D eigenvalue weighted by Gasteiger charge is -2.10. The summed E-state index contributed by atoms with van der Waals surface area (Å²) < 4.78 is 10.6. The molecule has 0 fully saturated rings. The maximum atomic E-state index is 5.58. The van der Waals surface area contributed by atoms with E-state index < -0.39 is 0 Å². The first-order chi connectivity index (χ1) is 10.8. The van der Waals surface area contributed by atoms with Crippen molar-refractivity contribution < 1.29 is 9.47 Å². The molecule has 1 aromatic carbocycles. The minimum atomic E-state index is 0.486. The molecule has 118 valence electrons. The summed E-state index contributed by atoms with van der Waals surface area (Å²) in [5.74, 6) is 2.17. The van der Waals surface area contributed by atoms with Crippen molar-refractivity contribution in [2.75, 3.05) is 32.2 Å². The molecule has 0 unspecified atom stereocenters. The highest BCUT2D eigenvalue weighted by atomic mass is 16.5. The monoisotopic (exact) mass is 301 g/mol. The third-order valence-corrected chi connectivity index (χ3v) is 3.17. The summed E-state index contributed by atoms with van der Waals surface area (Å²) in [6, 6.07) is 12.2. The van der Waals surface area contributed by atoms with Crippen LogP contribution in [0.25, 0.3) is 0 Å². The molecule has 0 saturated carbocycles. The molecule has 0 saturated heterocycles. The predicted molar refractivity (Wildman–Crippen MR) is 87.4 cm³/mol. The van der Waals surface area contributed by atoms with Crippen LogP contribution in [-0.4, -0.2) is 36.8 Å². The second kappa shape index (κ2) is 9.00. The van der Waals surface area contributed by atoms with Crippen LogP contribution in [0.4, 0.5) is 5.82 Å². The number of benzene rings is 1. The van der Waals surface area contributed by atoms with Gasteiger partial charge in [-0.05, 0) is 12.0 Å². The number of anilines is 1. The second-order valence-corrected chi connectivity index (χ2v) is 4.86. The molecule has 0 aliphatic heterocycles. The van der Waals surface area contributed by atoms with Gasteiger partial charge in [-0.3, -0.25) is 0 Å². The van der Waals surface area contributed by atoms with Crippen molar-refractivity contribution in [2.24, 2.45) is 0 Å². The van der Waals surface area contributed by atoms with Crippen LogP contribution in [0.15, 0.2) is 36.4 Å². The fourth-order valence-electron chi connectivity index (χ4n) is 2.00. The van der Waals surface area contributed by atoms with Crippen LogP contribution >= 0.6 is 0 Å². The second-order valence-electron chi connectivity index (χ2n) is 4.86. The van der Waals surface area contributed by atoms with Gasteiger partial charge in [-0.2, -0.15) is 4.98 Å². The minimum Gasteiger partial charge on any atom is -0.475 e. The maximum Gasteiger partial charge on any atom is 0.218 e. The summed E-state index contributed by atoms with van der Waals surface area (Å²) in [6.07, 6.45) is 1.72. The van der Waals surface area contributed by atoms with Gasteiger partial charge in [0.25, 0.3) is 0 Å². The number of hydrogen-bond acceptors (Lipinski definition) is 5.